The first kappa shape index (κ1) is 25.7. The monoisotopic (exact) mass is 402 g/mol. The van der Waals surface area contributed by atoms with Crippen LogP contribution in [0, 0.1) is 0 Å². The van der Waals surface area contributed by atoms with Crippen LogP contribution >= 0.6 is 0 Å². The molecule has 2 heteroatoms. The zero-order chi connectivity index (χ0) is 21.0. The highest BCUT2D eigenvalue weighted by Crippen LogP contribution is 2.21. The molecule has 0 spiro atoms. The highest BCUT2D eigenvalue weighted by molar-refractivity contribution is 5.98. The molecule has 0 unspecified atom stereocenters. The Morgan fingerprint density at radius 3 is 1.66 bits per heavy atom. The molecule has 0 aliphatic rings. The number of carbonyl (C=O) groups excluding carboxylic acids is 1. The zero-order valence-electron chi connectivity index (χ0n) is 19.4. The van der Waals surface area contributed by atoms with Gasteiger partial charge in [0.25, 0.3) is 0 Å². The van der Waals surface area contributed by atoms with Gasteiger partial charge in [0.1, 0.15) is 5.75 Å². The van der Waals surface area contributed by atoms with Crippen LogP contribution in [0.5, 0.6) is 5.75 Å². The highest BCUT2D eigenvalue weighted by atomic mass is 16.5. The molecule has 0 saturated heterocycles. The van der Waals surface area contributed by atoms with Crippen molar-refractivity contribution in [3.8, 4) is 5.75 Å². The maximum atomic E-state index is 12.2. The topological polar surface area (TPSA) is 26.3 Å². The van der Waals surface area contributed by atoms with Crippen molar-refractivity contribution in [2.45, 2.75) is 123 Å². The molecule has 0 bridgehead atoms. The van der Waals surface area contributed by atoms with Crippen LogP contribution in [0.4, 0.5) is 0 Å². The summed E-state index contributed by atoms with van der Waals surface area (Å²) in [6.45, 7) is 5.04. The maximum absolute atomic E-state index is 12.2. The van der Waals surface area contributed by atoms with Crippen LogP contribution < -0.4 is 4.74 Å². The number of carbonyl (C=O) groups is 1. The molecule has 0 heterocycles. The van der Waals surface area contributed by atoms with E-state index < -0.39 is 0 Å². The van der Waals surface area contributed by atoms with Gasteiger partial charge >= 0.3 is 0 Å². The SMILES string of the molecule is CCCCCCCCCCCCCCCCCOc1ccccc1C(=O)CCC. The Morgan fingerprint density at radius 2 is 1.14 bits per heavy atom. The fourth-order valence-electron chi connectivity index (χ4n) is 3.84. The third-order valence-corrected chi connectivity index (χ3v) is 5.67. The van der Waals surface area contributed by atoms with Gasteiger partial charge in [-0.25, -0.2) is 0 Å². The van der Waals surface area contributed by atoms with Gasteiger partial charge in [-0.1, -0.05) is 116 Å². The molecular weight excluding hydrogens is 356 g/mol. The average molecular weight is 403 g/mol. The second kappa shape index (κ2) is 18.7. The van der Waals surface area contributed by atoms with Crippen LogP contribution in [0.1, 0.15) is 133 Å². The number of hydrogen-bond acceptors (Lipinski definition) is 2. The lowest BCUT2D eigenvalue weighted by Crippen LogP contribution is -2.05. The van der Waals surface area contributed by atoms with E-state index in [1.165, 1.54) is 89.9 Å². The number of hydrogen-bond donors (Lipinski definition) is 0. The fourth-order valence-corrected chi connectivity index (χ4v) is 3.84. The van der Waals surface area contributed by atoms with Gasteiger partial charge in [-0.05, 0) is 25.0 Å². The van der Waals surface area contributed by atoms with Crippen LogP contribution in [0.15, 0.2) is 24.3 Å². The van der Waals surface area contributed by atoms with Gasteiger partial charge in [-0.3, -0.25) is 4.79 Å². The third-order valence-electron chi connectivity index (χ3n) is 5.67. The molecule has 1 rings (SSSR count). The molecule has 0 fully saturated rings. The molecule has 0 amide bonds. The molecule has 0 aromatic heterocycles. The van der Waals surface area contributed by atoms with Crippen molar-refractivity contribution < 1.29 is 9.53 Å². The minimum Gasteiger partial charge on any atom is -0.493 e. The quantitative estimate of drug-likeness (QED) is 0.161. The first-order valence-corrected chi connectivity index (χ1v) is 12.5. The van der Waals surface area contributed by atoms with Gasteiger partial charge in [0, 0.05) is 6.42 Å². The predicted octanol–water partition coefficient (Wildman–Crippen LogP) is 8.92. The number of para-hydroxylation sites is 1. The number of rotatable bonds is 20. The van der Waals surface area contributed by atoms with Crippen LogP contribution in [0.2, 0.25) is 0 Å². The fraction of sp³-hybridized carbons (Fsp3) is 0.741. The first-order chi connectivity index (χ1) is 14.3. The van der Waals surface area contributed by atoms with E-state index in [4.69, 9.17) is 4.74 Å². The van der Waals surface area contributed by atoms with Crippen molar-refractivity contribution >= 4 is 5.78 Å². The van der Waals surface area contributed by atoms with Gasteiger partial charge in [0.15, 0.2) is 5.78 Å². The summed E-state index contributed by atoms with van der Waals surface area (Å²) >= 11 is 0. The van der Waals surface area contributed by atoms with Gasteiger partial charge in [0.2, 0.25) is 0 Å². The average Bonchev–Trinajstić information content (AvgIpc) is 2.74. The number of benzene rings is 1. The molecule has 0 radical (unpaired) electrons. The lowest BCUT2D eigenvalue weighted by atomic mass is 10.0. The Morgan fingerprint density at radius 1 is 0.655 bits per heavy atom. The molecule has 0 N–H and O–H groups in total. The molecule has 0 aliphatic carbocycles. The summed E-state index contributed by atoms with van der Waals surface area (Å²) in [6.07, 6.45) is 22.0. The first-order valence-electron chi connectivity index (χ1n) is 12.5. The second-order valence-corrected chi connectivity index (χ2v) is 8.47. The van der Waals surface area contributed by atoms with Crippen molar-refractivity contribution in [2.24, 2.45) is 0 Å². The number of ketones is 1. The van der Waals surface area contributed by atoms with E-state index in [-0.39, 0.29) is 5.78 Å². The molecular formula is C27H46O2. The van der Waals surface area contributed by atoms with Crippen molar-refractivity contribution in [1.82, 2.24) is 0 Å². The molecule has 1 aromatic rings. The second-order valence-electron chi connectivity index (χ2n) is 8.47. The maximum Gasteiger partial charge on any atom is 0.166 e. The normalized spacial score (nSPS) is 11.0. The van der Waals surface area contributed by atoms with Crippen molar-refractivity contribution in [2.75, 3.05) is 6.61 Å². The third kappa shape index (κ3) is 13.5. The number of ether oxygens (including phenoxy) is 1. The van der Waals surface area contributed by atoms with E-state index in [0.29, 0.717) is 13.0 Å². The number of Topliss-reactive ketones (excluding diaryl/α,β-unsaturated/α-hetero) is 1. The molecule has 29 heavy (non-hydrogen) atoms. The van der Waals surface area contributed by atoms with Gasteiger partial charge < -0.3 is 4.74 Å². The molecule has 0 atom stereocenters. The summed E-state index contributed by atoms with van der Waals surface area (Å²) in [5.74, 6) is 0.955. The van der Waals surface area contributed by atoms with Gasteiger partial charge in [0.05, 0.1) is 12.2 Å². The summed E-state index contributed by atoms with van der Waals surface area (Å²) in [4.78, 5) is 12.2. The molecule has 1 aromatic carbocycles. The number of unbranched alkanes of at least 4 members (excludes halogenated alkanes) is 14. The Kier molecular flexibility index (Phi) is 16.6. The van der Waals surface area contributed by atoms with Crippen LogP contribution in [0.25, 0.3) is 0 Å². The Hall–Kier alpha value is -1.31. The predicted molar refractivity (Wildman–Crippen MR) is 126 cm³/mol. The summed E-state index contributed by atoms with van der Waals surface area (Å²) < 4.78 is 5.90. The van der Waals surface area contributed by atoms with Crippen LogP contribution in [-0.4, -0.2) is 12.4 Å². The Labute approximate surface area is 180 Å². The van der Waals surface area contributed by atoms with Crippen molar-refractivity contribution in [3.63, 3.8) is 0 Å². The molecule has 166 valence electrons. The lowest BCUT2D eigenvalue weighted by Gasteiger charge is -2.10. The lowest BCUT2D eigenvalue weighted by molar-refractivity contribution is 0.0977. The summed E-state index contributed by atoms with van der Waals surface area (Å²) in [6, 6.07) is 7.68. The van der Waals surface area contributed by atoms with E-state index in [0.717, 1.165) is 24.2 Å². The van der Waals surface area contributed by atoms with E-state index in [2.05, 4.69) is 6.92 Å². The summed E-state index contributed by atoms with van der Waals surface area (Å²) in [5.41, 5.74) is 0.746. The molecule has 0 saturated carbocycles. The van der Waals surface area contributed by atoms with Gasteiger partial charge in [-0.2, -0.15) is 0 Å². The van der Waals surface area contributed by atoms with Crippen LogP contribution in [-0.2, 0) is 0 Å². The minimum absolute atomic E-state index is 0.194. The summed E-state index contributed by atoms with van der Waals surface area (Å²) in [5, 5.41) is 0. The molecule has 2 nitrogen and oxygen atoms in total. The van der Waals surface area contributed by atoms with E-state index >= 15 is 0 Å². The van der Waals surface area contributed by atoms with E-state index in [9.17, 15) is 4.79 Å². The van der Waals surface area contributed by atoms with Crippen molar-refractivity contribution in [3.05, 3.63) is 29.8 Å². The molecule has 0 aliphatic heterocycles. The van der Waals surface area contributed by atoms with Crippen molar-refractivity contribution in [1.29, 1.82) is 0 Å². The minimum atomic E-state index is 0.194. The smallest absolute Gasteiger partial charge is 0.166 e. The standard InChI is InChI=1S/C27H46O2/c1-3-5-6-7-8-9-10-11-12-13-14-15-16-17-20-24-29-27-23-19-18-22-25(27)26(28)21-4-2/h18-19,22-23H,3-17,20-21,24H2,1-2H3. The Balaban J connectivity index is 1.93. The highest BCUT2D eigenvalue weighted by Gasteiger charge is 2.10. The van der Waals surface area contributed by atoms with Gasteiger partial charge in [-0.15, -0.1) is 0 Å². The summed E-state index contributed by atoms with van der Waals surface area (Å²) in [7, 11) is 0. The van der Waals surface area contributed by atoms with Crippen LogP contribution in [0.3, 0.4) is 0 Å². The van der Waals surface area contributed by atoms with E-state index in [1.807, 2.05) is 31.2 Å². The van der Waals surface area contributed by atoms with E-state index in [1.54, 1.807) is 0 Å². The zero-order valence-corrected chi connectivity index (χ0v) is 19.4. The Bertz CT molecular complexity index is 509. The largest absolute Gasteiger partial charge is 0.493 e.